The summed E-state index contributed by atoms with van der Waals surface area (Å²) in [6.45, 7) is 0.950. The Labute approximate surface area is 132 Å². The number of hydrogen-bond donors (Lipinski definition) is 0. The highest BCUT2D eigenvalue weighted by molar-refractivity contribution is 5.95. The Hall–Kier alpha value is -1.39. The Bertz CT molecular complexity index is 573. The van der Waals surface area contributed by atoms with Gasteiger partial charge in [-0.05, 0) is 44.6 Å². The third-order valence-corrected chi connectivity index (χ3v) is 4.95. The monoisotopic (exact) mass is 300 g/mol. The second-order valence-corrected chi connectivity index (χ2v) is 7.06. The number of ether oxygens (including phenoxy) is 2. The lowest BCUT2D eigenvalue weighted by molar-refractivity contribution is 0.167. The smallest absolute Gasteiger partial charge is 0.231 e. The third-order valence-electron chi connectivity index (χ3n) is 4.95. The van der Waals surface area contributed by atoms with Gasteiger partial charge in [-0.3, -0.25) is 0 Å². The lowest BCUT2D eigenvalue weighted by Gasteiger charge is -2.34. The molecule has 1 spiro atoms. The summed E-state index contributed by atoms with van der Waals surface area (Å²) < 4.78 is 11.7. The summed E-state index contributed by atoms with van der Waals surface area (Å²) in [4.78, 5) is 7.19. The fraction of sp³-hybridized carbons (Fsp3) is 0.611. The molecule has 0 N–H and O–H groups in total. The lowest BCUT2D eigenvalue weighted by Crippen LogP contribution is -2.41. The molecule has 2 aliphatic heterocycles. The molecule has 22 heavy (non-hydrogen) atoms. The van der Waals surface area contributed by atoms with E-state index in [9.17, 15) is 0 Å². The maximum atomic E-state index is 5.91. The van der Waals surface area contributed by atoms with Crippen LogP contribution in [0.3, 0.4) is 0 Å². The Morgan fingerprint density at radius 2 is 1.86 bits per heavy atom. The van der Waals surface area contributed by atoms with Crippen molar-refractivity contribution in [3.05, 3.63) is 35.4 Å². The molecule has 2 atom stereocenters. The van der Waals surface area contributed by atoms with Crippen molar-refractivity contribution < 1.29 is 9.47 Å². The maximum Gasteiger partial charge on any atom is 0.231 e. The van der Waals surface area contributed by atoms with Crippen LogP contribution in [0.4, 0.5) is 0 Å². The molecule has 4 rings (SSSR count). The molecule has 0 amide bonds. The average molecular weight is 300 g/mol. The zero-order valence-electron chi connectivity index (χ0n) is 13.4. The van der Waals surface area contributed by atoms with Gasteiger partial charge in [-0.2, -0.15) is 0 Å². The molecule has 1 aliphatic carbocycles. The SMILES string of the molecule is CN(C)Cc1ccc(C2=NC3(CCCCC3)C3OC3O2)cc1. The highest BCUT2D eigenvalue weighted by Crippen LogP contribution is 2.48. The van der Waals surface area contributed by atoms with Gasteiger partial charge in [0, 0.05) is 12.1 Å². The predicted molar refractivity (Wildman–Crippen MR) is 85.9 cm³/mol. The summed E-state index contributed by atoms with van der Waals surface area (Å²) in [5.41, 5.74) is 2.36. The van der Waals surface area contributed by atoms with Crippen LogP contribution >= 0.6 is 0 Å². The molecule has 0 radical (unpaired) electrons. The van der Waals surface area contributed by atoms with Crippen molar-refractivity contribution in [1.82, 2.24) is 4.90 Å². The molecule has 118 valence electrons. The molecule has 2 unspecified atom stereocenters. The second-order valence-electron chi connectivity index (χ2n) is 7.06. The first-order valence-corrected chi connectivity index (χ1v) is 8.32. The minimum atomic E-state index is -0.0629. The maximum absolute atomic E-state index is 5.91. The molecule has 1 saturated carbocycles. The van der Waals surface area contributed by atoms with Crippen molar-refractivity contribution in [1.29, 1.82) is 0 Å². The number of hydrogen-bond acceptors (Lipinski definition) is 4. The highest BCUT2D eigenvalue weighted by atomic mass is 16.8. The van der Waals surface area contributed by atoms with Crippen LogP contribution in [0.1, 0.15) is 43.2 Å². The van der Waals surface area contributed by atoms with Gasteiger partial charge < -0.3 is 14.4 Å². The van der Waals surface area contributed by atoms with E-state index in [0.717, 1.165) is 30.8 Å². The Morgan fingerprint density at radius 1 is 1.14 bits per heavy atom. The molecular weight excluding hydrogens is 276 g/mol. The Kier molecular flexibility index (Phi) is 3.46. The molecule has 1 aromatic carbocycles. The van der Waals surface area contributed by atoms with Crippen LogP contribution < -0.4 is 0 Å². The van der Waals surface area contributed by atoms with E-state index in [0.29, 0.717) is 0 Å². The van der Waals surface area contributed by atoms with E-state index in [-0.39, 0.29) is 17.9 Å². The fourth-order valence-corrected chi connectivity index (χ4v) is 3.78. The minimum absolute atomic E-state index is 0.0151. The van der Waals surface area contributed by atoms with E-state index in [1.54, 1.807) is 0 Å². The first-order valence-electron chi connectivity index (χ1n) is 8.32. The number of rotatable bonds is 3. The molecule has 3 aliphatic rings. The molecular formula is C18H24N2O2. The van der Waals surface area contributed by atoms with Gasteiger partial charge in [0.15, 0.2) is 0 Å². The molecule has 2 fully saturated rings. The van der Waals surface area contributed by atoms with E-state index in [1.165, 1.54) is 24.8 Å². The highest BCUT2D eigenvalue weighted by Gasteiger charge is 2.60. The number of epoxide rings is 1. The first kappa shape index (κ1) is 14.2. The molecule has 2 heterocycles. The summed E-state index contributed by atoms with van der Waals surface area (Å²) in [6.07, 6.45) is 6.25. The van der Waals surface area contributed by atoms with Gasteiger partial charge in [0.1, 0.15) is 6.10 Å². The summed E-state index contributed by atoms with van der Waals surface area (Å²) in [7, 11) is 4.17. The third kappa shape index (κ3) is 2.55. The van der Waals surface area contributed by atoms with Gasteiger partial charge in [-0.1, -0.05) is 31.4 Å². The van der Waals surface area contributed by atoms with Crippen molar-refractivity contribution in [3.8, 4) is 0 Å². The normalized spacial score (nSPS) is 29.0. The van der Waals surface area contributed by atoms with Crippen molar-refractivity contribution >= 4 is 5.90 Å². The first-order chi connectivity index (χ1) is 10.7. The largest absolute Gasteiger partial charge is 0.445 e. The van der Waals surface area contributed by atoms with Crippen molar-refractivity contribution in [2.75, 3.05) is 14.1 Å². The summed E-state index contributed by atoms with van der Waals surface area (Å²) in [5, 5.41) is 0. The molecule has 1 aromatic rings. The predicted octanol–water partition coefficient (Wildman–Crippen LogP) is 2.95. The number of fused-ring (bicyclic) bond motifs is 2. The van der Waals surface area contributed by atoms with Crippen LogP contribution in [0.15, 0.2) is 29.3 Å². The lowest BCUT2D eigenvalue weighted by atomic mass is 9.79. The van der Waals surface area contributed by atoms with Crippen LogP contribution in [0.25, 0.3) is 0 Å². The summed E-state index contributed by atoms with van der Waals surface area (Å²) in [6, 6.07) is 8.57. The topological polar surface area (TPSA) is 37.4 Å². The van der Waals surface area contributed by atoms with Gasteiger partial charge in [0.05, 0.1) is 5.54 Å². The van der Waals surface area contributed by atoms with Gasteiger partial charge in [0.25, 0.3) is 0 Å². The van der Waals surface area contributed by atoms with E-state index < -0.39 is 0 Å². The number of benzene rings is 1. The van der Waals surface area contributed by atoms with Crippen LogP contribution in [0.2, 0.25) is 0 Å². The molecule has 1 saturated heterocycles. The van der Waals surface area contributed by atoms with Crippen molar-refractivity contribution in [2.24, 2.45) is 4.99 Å². The van der Waals surface area contributed by atoms with E-state index in [4.69, 9.17) is 14.5 Å². The van der Waals surface area contributed by atoms with E-state index >= 15 is 0 Å². The second kappa shape index (κ2) is 5.36. The Morgan fingerprint density at radius 3 is 2.55 bits per heavy atom. The van der Waals surface area contributed by atoms with Gasteiger partial charge >= 0.3 is 0 Å². The van der Waals surface area contributed by atoms with Crippen LogP contribution in [-0.4, -0.2) is 42.8 Å². The molecule has 0 bridgehead atoms. The van der Waals surface area contributed by atoms with E-state index in [2.05, 4.69) is 43.3 Å². The summed E-state index contributed by atoms with van der Waals surface area (Å²) in [5.74, 6) is 0.775. The zero-order chi connectivity index (χ0) is 15.2. The number of nitrogens with zero attached hydrogens (tertiary/aromatic N) is 2. The quantitative estimate of drug-likeness (QED) is 0.805. The summed E-state index contributed by atoms with van der Waals surface area (Å²) >= 11 is 0. The average Bonchev–Trinajstić information content (AvgIpc) is 3.29. The molecule has 4 heteroatoms. The van der Waals surface area contributed by atoms with Gasteiger partial charge in [-0.25, -0.2) is 4.99 Å². The van der Waals surface area contributed by atoms with Gasteiger partial charge in [-0.15, -0.1) is 0 Å². The van der Waals surface area contributed by atoms with Crippen molar-refractivity contribution in [2.45, 2.75) is 56.6 Å². The van der Waals surface area contributed by atoms with Crippen LogP contribution in [0.5, 0.6) is 0 Å². The number of aliphatic imine (C=N–C) groups is 1. The minimum Gasteiger partial charge on any atom is -0.445 e. The van der Waals surface area contributed by atoms with Crippen LogP contribution in [0, 0.1) is 0 Å². The standard InChI is InChI=1S/C18H24N2O2/c1-20(2)12-13-6-8-14(9-7-13)16-19-18(10-4-3-5-11-18)15-17(21-15)22-16/h6-9,15,17H,3-5,10-12H2,1-2H3. The zero-order valence-corrected chi connectivity index (χ0v) is 13.4. The molecule has 4 nitrogen and oxygen atoms in total. The molecule has 0 aromatic heterocycles. The fourth-order valence-electron chi connectivity index (χ4n) is 3.78. The van der Waals surface area contributed by atoms with E-state index in [1.807, 2.05) is 0 Å². The Balaban J connectivity index is 1.59. The van der Waals surface area contributed by atoms with Crippen molar-refractivity contribution in [3.63, 3.8) is 0 Å². The van der Waals surface area contributed by atoms with Crippen LogP contribution in [-0.2, 0) is 16.0 Å². The van der Waals surface area contributed by atoms with Gasteiger partial charge in [0.2, 0.25) is 12.2 Å².